The average molecular weight is 235 g/mol. The lowest BCUT2D eigenvalue weighted by Gasteiger charge is -2.11. The van der Waals surface area contributed by atoms with E-state index in [0.29, 0.717) is 6.04 Å². The van der Waals surface area contributed by atoms with Crippen molar-refractivity contribution in [3.05, 3.63) is 34.4 Å². The van der Waals surface area contributed by atoms with Crippen molar-refractivity contribution in [1.29, 1.82) is 0 Å². The Morgan fingerprint density at radius 2 is 2.41 bits per heavy atom. The molecule has 1 heterocycles. The van der Waals surface area contributed by atoms with E-state index in [2.05, 4.69) is 10.6 Å². The molecule has 2 rings (SSSR count). The Labute approximate surface area is 100 Å². The molecule has 1 fully saturated rings. The molecule has 5 heteroatoms. The number of hydrogen-bond acceptors (Lipinski definition) is 4. The molecule has 0 bridgehead atoms. The van der Waals surface area contributed by atoms with Gasteiger partial charge in [-0.2, -0.15) is 0 Å². The lowest BCUT2D eigenvalue weighted by molar-refractivity contribution is -0.384. The molecule has 1 aromatic rings. The third-order valence-corrected chi connectivity index (χ3v) is 3.04. The van der Waals surface area contributed by atoms with Gasteiger partial charge in [-0.05, 0) is 31.9 Å². The summed E-state index contributed by atoms with van der Waals surface area (Å²) in [6, 6.07) is 7.23. The highest BCUT2D eigenvalue weighted by Gasteiger charge is 2.13. The van der Waals surface area contributed by atoms with Crippen LogP contribution in [-0.2, 0) is 0 Å². The highest BCUT2D eigenvalue weighted by Crippen LogP contribution is 2.17. The third kappa shape index (κ3) is 3.42. The quantitative estimate of drug-likeness (QED) is 0.606. The first-order valence-electron chi connectivity index (χ1n) is 5.97. The van der Waals surface area contributed by atoms with E-state index < -0.39 is 0 Å². The molecule has 92 valence electrons. The SMILES string of the molecule is O=[N+]([O-])c1cccc(NCC[C@@H]2CCCN2)c1. The van der Waals surface area contributed by atoms with Gasteiger partial charge in [-0.1, -0.05) is 6.07 Å². The molecule has 0 spiro atoms. The molecular weight excluding hydrogens is 218 g/mol. The highest BCUT2D eigenvalue weighted by molar-refractivity contribution is 5.50. The van der Waals surface area contributed by atoms with Gasteiger partial charge in [0.25, 0.3) is 5.69 Å². The molecule has 1 aliphatic heterocycles. The molecule has 1 saturated heterocycles. The molecule has 5 nitrogen and oxygen atoms in total. The van der Waals surface area contributed by atoms with Gasteiger partial charge < -0.3 is 10.6 Å². The third-order valence-electron chi connectivity index (χ3n) is 3.04. The number of benzene rings is 1. The second-order valence-electron chi connectivity index (χ2n) is 4.32. The van der Waals surface area contributed by atoms with E-state index in [1.807, 2.05) is 6.07 Å². The highest BCUT2D eigenvalue weighted by atomic mass is 16.6. The van der Waals surface area contributed by atoms with Crippen molar-refractivity contribution in [2.75, 3.05) is 18.4 Å². The van der Waals surface area contributed by atoms with Crippen LogP contribution in [0.15, 0.2) is 24.3 Å². The molecule has 2 N–H and O–H groups in total. The van der Waals surface area contributed by atoms with Crippen molar-refractivity contribution >= 4 is 11.4 Å². The summed E-state index contributed by atoms with van der Waals surface area (Å²) in [5.74, 6) is 0. The molecule has 0 aliphatic carbocycles. The second kappa shape index (κ2) is 5.63. The summed E-state index contributed by atoms with van der Waals surface area (Å²) in [6.45, 7) is 1.96. The van der Waals surface area contributed by atoms with Crippen LogP contribution in [0.25, 0.3) is 0 Å². The fourth-order valence-electron chi connectivity index (χ4n) is 2.12. The van der Waals surface area contributed by atoms with Crippen LogP contribution in [0.2, 0.25) is 0 Å². The molecule has 1 atom stereocenters. The van der Waals surface area contributed by atoms with Gasteiger partial charge in [-0.3, -0.25) is 10.1 Å². The minimum absolute atomic E-state index is 0.133. The first kappa shape index (κ1) is 11.9. The van der Waals surface area contributed by atoms with Crippen molar-refractivity contribution in [3.8, 4) is 0 Å². The fourth-order valence-corrected chi connectivity index (χ4v) is 2.12. The van der Waals surface area contributed by atoms with Crippen molar-refractivity contribution in [1.82, 2.24) is 5.32 Å². The first-order valence-corrected chi connectivity index (χ1v) is 5.97. The fraction of sp³-hybridized carbons (Fsp3) is 0.500. The van der Waals surface area contributed by atoms with Crippen LogP contribution in [0.4, 0.5) is 11.4 Å². The van der Waals surface area contributed by atoms with E-state index in [4.69, 9.17) is 0 Å². The second-order valence-corrected chi connectivity index (χ2v) is 4.32. The molecular formula is C12H17N3O2. The zero-order valence-corrected chi connectivity index (χ0v) is 9.69. The topological polar surface area (TPSA) is 67.2 Å². The summed E-state index contributed by atoms with van der Waals surface area (Å²) in [5.41, 5.74) is 0.950. The lowest BCUT2D eigenvalue weighted by Crippen LogP contribution is -2.24. The smallest absolute Gasteiger partial charge is 0.271 e. The summed E-state index contributed by atoms with van der Waals surface area (Å²) < 4.78 is 0. The molecule has 1 aliphatic rings. The van der Waals surface area contributed by atoms with Crippen LogP contribution >= 0.6 is 0 Å². The Balaban J connectivity index is 1.81. The lowest BCUT2D eigenvalue weighted by atomic mass is 10.1. The van der Waals surface area contributed by atoms with E-state index in [-0.39, 0.29) is 10.6 Å². The largest absolute Gasteiger partial charge is 0.385 e. The van der Waals surface area contributed by atoms with Gasteiger partial charge in [0.15, 0.2) is 0 Å². The van der Waals surface area contributed by atoms with Crippen LogP contribution in [0.1, 0.15) is 19.3 Å². The van der Waals surface area contributed by atoms with Crippen molar-refractivity contribution in [3.63, 3.8) is 0 Å². The summed E-state index contributed by atoms with van der Waals surface area (Å²) in [7, 11) is 0. The number of nitrogens with one attached hydrogen (secondary N) is 2. The summed E-state index contributed by atoms with van der Waals surface area (Å²) in [5, 5.41) is 17.3. The Bertz CT molecular complexity index is 389. The maximum Gasteiger partial charge on any atom is 0.271 e. The maximum absolute atomic E-state index is 10.6. The number of rotatable bonds is 5. The Morgan fingerprint density at radius 1 is 1.53 bits per heavy atom. The van der Waals surface area contributed by atoms with Crippen LogP contribution in [0.5, 0.6) is 0 Å². The van der Waals surface area contributed by atoms with E-state index in [0.717, 1.165) is 25.2 Å². The van der Waals surface area contributed by atoms with Crippen LogP contribution in [0, 0.1) is 10.1 Å². The van der Waals surface area contributed by atoms with Crippen molar-refractivity contribution in [2.45, 2.75) is 25.3 Å². The maximum atomic E-state index is 10.6. The molecule has 0 amide bonds. The average Bonchev–Trinajstić information content (AvgIpc) is 2.82. The molecule has 0 radical (unpaired) electrons. The Hall–Kier alpha value is -1.62. The molecule has 0 aromatic heterocycles. The number of anilines is 1. The molecule has 0 unspecified atom stereocenters. The van der Waals surface area contributed by atoms with Crippen molar-refractivity contribution in [2.24, 2.45) is 0 Å². The van der Waals surface area contributed by atoms with Gasteiger partial charge in [0.2, 0.25) is 0 Å². The zero-order valence-electron chi connectivity index (χ0n) is 9.69. The van der Waals surface area contributed by atoms with Gasteiger partial charge in [0, 0.05) is 30.4 Å². The van der Waals surface area contributed by atoms with E-state index in [1.165, 1.54) is 18.9 Å². The van der Waals surface area contributed by atoms with Crippen LogP contribution in [-0.4, -0.2) is 24.1 Å². The van der Waals surface area contributed by atoms with Gasteiger partial charge in [-0.15, -0.1) is 0 Å². The van der Waals surface area contributed by atoms with Crippen LogP contribution in [0.3, 0.4) is 0 Å². The summed E-state index contributed by atoms with van der Waals surface area (Å²) in [4.78, 5) is 10.2. The Morgan fingerprint density at radius 3 is 3.12 bits per heavy atom. The van der Waals surface area contributed by atoms with Gasteiger partial charge in [0.05, 0.1) is 4.92 Å². The van der Waals surface area contributed by atoms with Gasteiger partial charge >= 0.3 is 0 Å². The van der Waals surface area contributed by atoms with Gasteiger partial charge in [0.1, 0.15) is 0 Å². The van der Waals surface area contributed by atoms with E-state index in [1.54, 1.807) is 12.1 Å². The van der Waals surface area contributed by atoms with Crippen LogP contribution < -0.4 is 10.6 Å². The van der Waals surface area contributed by atoms with Gasteiger partial charge in [-0.25, -0.2) is 0 Å². The predicted molar refractivity (Wildman–Crippen MR) is 67.2 cm³/mol. The summed E-state index contributed by atoms with van der Waals surface area (Å²) in [6.07, 6.45) is 3.54. The standard InChI is InChI=1S/C12H17N3O2/c16-15(17)12-5-1-3-11(9-12)14-8-6-10-4-2-7-13-10/h1,3,5,9-10,13-14H,2,4,6-8H2/t10-/m0/s1. The summed E-state index contributed by atoms with van der Waals surface area (Å²) >= 11 is 0. The number of non-ortho nitro benzene ring substituents is 1. The minimum atomic E-state index is -0.371. The molecule has 1 aromatic carbocycles. The van der Waals surface area contributed by atoms with E-state index in [9.17, 15) is 10.1 Å². The number of nitrogens with zero attached hydrogens (tertiary/aromatic N) is 1. The van der Waals surface area contributed by atoms with E-state index >= 15 is 0 Å². The number of nitro benzene ring substituents is 1. The number of nitro groups is 1. The number of hydrogen-bond donors (Lipinski definition) is 2. The predicted octanol–water partition coefficient (Wildman–Crippen LogP) is 2.15. The zero-order chi connectivity index (χ0) is 12.1. The minimum Gasteiger partial charge on any atom is -0.385 e. The Kier molecular flexibility index (Phi) is 3.93. The molecule has 0 saturated carbocycles. The molecule has 17 heavy (non-hydrogen) atoms. The van der Waals surface area contributed by atoms with Crippen molar-refractivity contribution < 1.29 is 4.92 Å². The first-order chi connectivity index (χ1) is 8.25. The normalized spacial score (nSPS) is 19.2. The monoisotopic (exact) mass is 235 g/mol.